The molecule has 0 amide bonds. The largest absolute Gasteiger partial charge is 0.394 e. The van der Waals surface area contributed by atoms with Crippen molar-refractivity contribution >= 4 is 21.6 Å². The fourth-order valence-electron chi connectivity index (χ4n) is 2.35. The van der Waals surface area contributed by atoms with Gasteiger partial charge in [0.05, 0.1) is 18.3 Å². The molecule has 1 aliphatic heterocycles. The van der Waals surface area contributed by atoms with Crippen LogP contribution in [0.25, 0.3) is 0 Å². The van der Waals surface area contributed by atoms with Crippen LogP contribution in [-0.2, 0) is 0 Å². The average molecular weight is 284 g/mol. The summed E-state index contributed by atoms with van der Waals surface area (Å²) in [6.45, 7) is 3.39. The van der Waals surface area contributed by atoms with Gasteiger partial charge in [-0.25, -0.2) is 0 Å². The molecule has 0 bridgehead atoms. The molecule has 16 heavy (non-hydrogen) atoms. The van der Waals surface area contributed by atoms with Gasteiger partial charge in [-0.15, -0.1) is 0 Å². The molecule has 1 atom stereocenters. The average Bonchev–Trinajstić information content (AvgIpc) is 2.29. The van der Waals surface area contributed by atoms with E-state index in [1.54, 1.807) is 0 Å². The second kappa shape index (κ2) is 5.19. The molecule has 1 saturated heterocycles. The predicted octanol–water partition coefficient (Wildman–Crippen LogP) is 3.11. The third-order valence-electron chi connectivity index (χ3n) is 3.25. The van der Waals surface area contributed by atoms with Crippen LogP contribution in [0.5, 0.6) is 0 Å². The van der Waals surface area contributed by atoms with Gasteiger partial charge >= 0.3 is 0 Å². The van der Waals surface area contributed by atoms with Gasteiger partial charge in [-0.1, -0.05) is 6.07 Å². The van der Waals surface area contributed by atoms with Crippen LogP contribution < -0.4 is 4.90 Å². The van der Waals surface area contributed by atoms with E-state index < -0.39 is 0 Å². The molecular formula is C13H18BrNO. The molecule has 2 rings (SSSR count). The standard InChI is InChI=1S/C13H18BrNO/c1-10-5-6-13(12(14)8-10)15-7-3-2-4-11(15)9-16/h5-6,8,11,16H,2-4,7,9H2,1H3. The second-order valence-corrected chi connectivity index (χ2v) is 5.33. The lowest BCUT2D eigenvalue weighted by Crippen LogP contribution is -2.42. The normalized spacial score (nSPS) is 21.2. The number of piperidine rings is 1. The van der Waals surface area contributed by atoms with Crippen LogP contribution in [0.4, 0.5) is 5.69 Å². The topological polar surface area (TPSA) is 23.5 Å². The van der Waals surface area contributed by atoms with Gasteiger partial charge < -0.3 is 10.0 Å². The number of rotatable bonds is 2. The van der Waals surface area contributed by atoms with Crippen molar-refractivity contribution in [1.82, 2.24) is 0 Å². The number of hydrogen-bond donors (Lipinski definition) is 1. The zero-order valence-electron chi connectivity index (χ0n) is 9.62. The summed E-state index contributed by atoms with van der Waals surface area (Å²) in [4.78, 5) is 2.33. The van der Waals surface area contributed by atoms with E-state index in [-0.39, 0.29) is 12.6 Å². The predicted molar refractivity (Wildman–Crippen MR) is 70.9 cm³/mol. The van der Waals surface area contributed by atoms with Crippen molar-refractivity contribution in [2.45, 2.75) is 32.2 Å². The summed E-state index contributed by atoms with van der Waals surface area (Å²) in [5, 5.41) is 9.41. The fraction of sp³-hybridized carbons (Fsp3) is 0.538. The molecule has 0 saturated carbocycles. The summed E-state index contributed by atoms with van der Waals surface area (Å²) in [5.74, 6) is 0. The number of aliphatic hydroxyl groups is 1. The fourth-order valence-corrected chi connectivity index (χ4v) is 3.07. The number of anilines is 1. The molecule has 1 aromatic carbocycles. The Hall–Kier alpha value is -0.540. The summed E-state index contributed by atoms with van der Waals surface area (Å²) >= 11 is 3.62. The molecule has 1 aromatic rings. The van der Waals surface area contributed by atoms with Gasteiger partial charge in [0.1, 0.15) is 0 Å². The van der Waals surface area contributed by atoms with Crippen LogP contribution in [0.15, 0.2) is 22.7 Å². The van der Waals surface area contributed by atoms with Crippen LogP contribution in [0, 0.1) is 6.92 Å². The van der Waals surface area contributed by atoms with Crippen molar-refractivity contribution in [3.05, 3.63) is 28.2 Å². The van der Waals surface area contributed by atoms with Gasteiger partial charge in [0, 0.05) is 11.0 Å². The number of halogens is 1. The highest BCUT2D eigenvalue weighted by Gasteiger charge is 2.23. The summed E-state index contributed by atoms with van der Waals surface area (Å²) < 4.78 is 1.13. The molecule has 0 radical (unpaired) electrons. The maximum Gasteiger partial charge on any atom is 0.0635 e. The molecule has 1 heterocycles. The van der Waals surface area contributed by atoms with E-state index in [1.807, 2.05) is 0 Å². The van der Waals surface area contributed by atoms with Gasteiger partial charge in [0.2, 0.25) is 0 Å². The Labute approximate surface area is 105 Å². The molecule has 88 valence electrons. The van der Waals surface area contributed by atoms with Crippen LogP contribution in [-0.4, -0.2) is 24.3 Å². The first-order chi connectivity index (χ1) is 7.72. The van der Waals surface area contributed by atoms with E-state index in [1.165, 1.54) is 24.1 Å². The van der Waals surface area contributed by atoms with Crippen LogP contribution >= 0.6 is 15.9 Å². The minimum Gasteiger partial charge on any atom is -0.394 e. The van der Waals surface area contributed by atoms with Gasteiger partial charge in [-0.2, -0.15) is 0 Å². The minimum atomic E-state index is 0.250. The van der Waals surface area contributed by atoms with Crippen molar-refractivity contribution in [2.24, 2.45) is 0 Å². The van der Waals surface area contributed by atoms with Crippen molar-refractivity contribution in [1.29, 1.82) is 0 Å². The Morgan fingerprint density at radius 2 is 2.25 bits per heavy atom. The van der Waals surface area contributed by atoms with E-state index in [0.29, 0.717) is 0 Å². The number of nitrogens with zero attached hydrogens (tertiary/aromatic N) is 1. The highest BCUT2D eigenvalue weighted by Crippen LogP contribution is 2.31. The monoisotopic (exact) mass is 283 g/mol. The van der Waals surface area contributed by atoms with E-state index in [9.17, 15) is 5.11 Å². The van der Waals surface area contributed by atoms with E-state index in [0.717, 1.165) is 17.4 Å². The third kappa shape index (κ3) is 2.41. The van der Waals surface area contributed by atoms with Crippen molar-refractivity contribution in [3.8, 4) is 0 Å². The molecule has 0 spiro atoms. The number of aliphatic hydroxyl groups excluding tert-OH is 1. The Balaban J connectivity index is 2.27. The van der Waals surface area contributed by atoms with Gasteiger partial charge in [-0.3, -0.25) is 0 Å². The van der Waals surface area contributed by atoms with E-state index >= 15 is 0 Å². The molecule has 1 aliphatic rings. The van der Waals surface area contributed by atoms with E-state index in [2.05, 4.69) is 46.0 Å². The van der Waals surface area contributed by atoms with Gasteiger partial charge in [0.15, 0.2) is 0 Å². The minimum absolute atomic E-state index is 0.250. The quantitative estimate of drug-likeness (QED) is 0.902. The lowest BCUT2D eigenvalue weighted by atomic mass is 10.0. The molecule has 3 heteroatoms. The van der Waals surface area contributed by atoms with Crippen LogP contribution in [0.2, 0.25) is 0 Å². The summed E-state index contributed by atoms with van der Waals surface area (Å²) in [5.41, 5.74) is 2.47. The Morgan fingerprint density at radius 3 is 2.94 bits per heavy atom. The number of benzene rings is 1. The van der Waals surface area contributed by atoms with Crippen molar-refractivity contribution in [3.63, 3.8) is 0 Å². The van der Waals surface area contributed by atoms with Crippen molar-refractivity contribution < 1.29 is 5.11 Å². The smallest absolute Gasteiger partial charge is 0.0635 e. The van der Waals surface area contributed by atoms with Crippen LogP contribution in [0.1, 0.15) is 24.8 Å². The highest BCUT2D eigenvalue weighted by molar-refractivity contribution is 9.10. The Morgan fingerprint density at radius 1 is 1.44 bits per heavy atom. The number of hydrogen-bond acceptors (Lipinski definition) is 2. The van der Waals surface area contributed by atoms with E-state index in [4.69, 9.17) is 0 Å². The first-order valence-electron chi connectivity index (χ1n) is 5.86. The zero-order valence-corrected chi connectivity index (χ0v) is 11.2. The number of aryl methyl sites for hydroxylation is 1. The molecular weight excluding hydrogens is 266 g/mol. The Bertz CT molecular complexity index is 367. The first kappa shape index (κ1) is 11.9. The molecule has 1 N–H and O–H groups in total. The maximum atomic E-state index is 9.41. The van der Waals surface area contributed by atoms with Crippen LogP contribution in [0.3, 0.4) is 0 Å². The maximum absolute atomic E-state index is 9.41. The lowest BCUT2D eigenvalue weighted by Gasteiger charge is -2.37. The summed E-state index contributed by atoms with van der Waals surface area (Å²) in [6.07, 6.45) is 3.54. The van der Waals surface area contributed by atoms with Crippen molar-refractivity contribution in [2.75, 3.05) is 18.1 Å². The zero-order chi connectivity index (χ0) is 11.5. The van der Waals surface area contributed by atoms with Gasteiger partial charge in [-0.05, 0) is 59.8 Å². The first-order valence-corrected chi connectivity index (χ1v) is 6.65. The second-order valence-electron chi connectivity index (χ2n) is 4.48. The molecule has 0 aliphatic carbocycles. The SMILES string of the molecule is Cc1ccc(N2CCCCC2CO)c(Br)c1. The molecule has 2 nitrogen and oxygen atoms in total. The third-order valence-corrected chi connectivity index (χ3v) is 3.89. The molecule has 0 aromatic heterocycles. The molecule has 1 unspecified atom stereocenters. The lowest BCUT2D eigenvalue weighted by molar-refractivity contribution is 0.240. The van der Waals surface area contributed by atoms with Gasteiger partial charge in [0.25, 0.3) is 0 Å². The summed E-state index contributed by atoms with van der Waals surface area (Å²) in [6, 6.07) is 6.70. The summed E-state index contributed by atoms with van der Waals surface area (Å²) in [7, 11) is 0. The highest BCUT2D eigenvalue weighted by atomic mass is 79.9. The Kier molecular flexibility index (Phi) is 3.87. The molecule has 1 fully saturated rings.